The molecule has 1 unspecified atom stereocenters. The number of alkyl halides is 1. The molecule has 0 aromatic heterocycles. The fraction of sp³-hybridized carbons (Fsp3) is 0.808. The van der Waals surface area contributed by atoms with Gasteiger partial charge in [-0.2, -0.15) is 0 Å². The molecule has 2 aliphatic rings. The molecule has 1 saturated heterocycles. The van der Waals surface area contributed by atoms with Crippen molar-refractivity contribution in [1.82, 2.24) is 0 Å². The summed E-state index contributed by atoms with van der Waals surface area (Å²) >= 11 is 0. The number of hydrogen-bond acceptors (Lipinski definition) is 4. The molecule has 1 aliphatic carbocycles. The molecule has 2 rings (SSSR count). The predicted octanol–water partition coefficient (Wildman–Crippen LogP) is 5.82. The van der Waals surface area contributed by atoms with Crippen LogP contribution in [0.5, 0.6) is 0 Å². The highest BCUT2D eigenvalue weighted by Gasteiger charge is 2.38. The van der Waals surface area contributed by atoms with Crippen molar-refractivity contribution in [2.24, 2.45) is 17.8 Å². The summed E-state index contributed by atoms with van der Waals surface area (Å²) in [5, 5.41) is 19.3. The van der Waals surface area contributed by atoms with Crippen molar-refractivity contribution >= 4 is 5.97 Å². The zero-order valence-corrected chi connectivity index (χ0v) is 19.8. The molecule has 0 aromatic carbocycles. The van der Waals surface area contributed by atoms with Crippen molar-refractivity contribution in [2.75, 3.05) is 6.61 Å². The minimum Gasteiger partial charge on any atom is -0.481 e. The van der Waals surface area contributed by atoms with Crippen LogP contribution in [0.15, 0.2) is 24.3 Å². The topological polar surface area (TPSA) is 76.0 Å². The molecule has 0 bridgehead atoms. The van der Waals surface area contributed by atoms with Crippen molar-refractivity contribution < 1.29 is 28.9 Å². The minimum absolute atomic E-state index is 0.0808. The molecular formula is C26H43FO5. The molecule has 2 N–H and O–H groups in total. The van der Waals surface area contributed by atoms with Crippen LogP contribution in [0.25, 0.3) is 0 Å². The second-order valence-corrected chi connectivity index (χ2v) is 9.45. The summed E-state index contributed by atoms with van der Waals surface area (Å²) in [5.41, 5.74) is 0. The summed E-state index contributed by atoms with van der Waals surface area (Å²) in [6, 6.07) is 0. The van der Waals surface area contributed by atoms with Crippen molar-refractivity contribution in [2.45, 2.75) is 109 Å². The highest BCUT2D eigenvalue weighted by molar-refractivity contribution is 5.66. The van der Waals surface area contributed by atoms with Gasteiger partial charge in [0.15, 0.2) is 6.29 Å². The Kier molecular flexibility index (Phi) is 12.5. The second kappa shape index (κ2) is 14.8. The number of ether oxygens (including phenoxy) is 2. The molecule has 0 radical (unpaired) electrons. The van der Waals surface area contributed by atoms with Crippen LogP contribution >= 0.6 is 0 Å². The Bertz CT molecular complexity index is 587. The molecule has 0 amide bonds. The van der Waals surface area contributed by atoms with Gasteiger partial charge in [-0.15, -0.1) is 0 Å². The average molecular weight is 455 g/mol. The van der Waals surface area contributed by atoms with Gasteiger partial charge in [-0.3, -0.25) is 4.79 Å². The van der Waals surface area contributed by atoms with Gasteiger partial charge in [-0.1, -0.05) is 51.0 Å². The van der Waals surface area contributed by atoms with Gasteiger partial charge in [0, 0.05) is 13.0 Å². The van der Waals surface area contributed by atoms with Crippen molar-refractivity contribution in [3.63, 3.8) is 0 Å². The van der Waals surface area contributed by atoms with Crippen LogP contribution in [0.3, 0.4) is 0 Å². The Labute approximate surface area is 193 Å². The number of allylic oxidation sites excluding steroid dienone is 3. The van der Waals surface area contributed by atoms with Gasteiger partial charge in [-0.05, 0) is 69.1 Å². The van der Waals surface area contributed by atoms with Crippen LogP contribution in [0.1, 0.15) is 84.5 Å². The molecule has 5 nitrogen and oxygen atoms in total. The number of unbranched alkanes of at least 4 members (excludes halogenated alkanes) is 2. The maximum atomic E-state index is 15.0. The summed E-state index contributed by atoms with van der Waals surface area (Å²) in [4.78, 5) is 10.6. The third kappa shape index (κ3) is 9.32. The fourth-order valence-electron chi connectivity index (χ4n) is 4.83. The zero-order valence-electron chi connectivity index (χ0n) is 19.8. The van der Waals surface area contributed by atoms with E-state index >= 15 is 0 Å². The van der Waals surface area contributed by atoms with Crippen molar-refractivity contribution in [3.05, 3.63) is 24.3 Å². The fourth-order valence-corrected chi connectivity index (χ4v) is 4.83. The van der Waals surface area contributed by atoms with Crippen LogP contribution < -0.4 is 0 Å². The Morgan fingerprint density at radius 3 is 2.78 bits per heavy atom. The molecular weight excluding hydrogens is 411 g/mol. The van der Waals surface area contributed by atoms with E-state index in [2.05, 4.69) is 26.0 Å². The van der Waals surface area contributed by atoms with E-state index in [0.29, 0.717) is 25.4 Å². The smallest absolute Gasteiger partial charge is 0.303 e. The van der Waals surface area contributed by atoms with E-state index in [4.69, 9.17) is 14.6 Å². The van der Waals surface area contributed by atoms with Crippen LogP contribution in [-0.2, 0) is 14.3 Å². The minimum atomic E-state index is -1.06. The highest BCUT2D eigenvalue weighted by Crippen LogP contribution is 2.40. The Balaban J connectivity index is 1.98. The van der Waals surface area contributed by atoms with Crippen LogP contribution in [0.2, 0.25) is 0 Å². The van der Waals surface area contributed by atoms with Crippen LogP contribution in [-0.4, -0.2) is 47.5 Å². The summed E-state index contributed by atoms with van der Waals surface area (Å²) in [7, 11) is 0. The summed E-state index contributed by atoms with van der Waals surface area (Å²) in [6.45, 7) is 4.86. The average Bonchev–Trinajstić information content (AvgIpc) is 3.04. The lowest BCUT2D eigenvalue weighted by Crippen LogP contribution is -2.32. The molecule has 6 heteroatoms. The SMILES string of the molecule is CCCC[C@H](F)[C@@H](/C=C/[C@@H]1[C@@H](C/C=C\CCCC(=O)O)[C@@H](O)C[C@H]1C)OC1CCCCO1. The van der Waals surface area contributed by atoms with Crippen LogP contribution in [0, 0.1) is 17.8 Å². The van der Waals surface area contributed by atoms with Crippen molar-refractivity contribution in [1.29, 1.82) is 0 Å². The molecule has 2 fully saturated rings. The third-order valence-corrected chi connectivity index (χ3v) is 6.76. The molecule has 32 heavy (non-hydrogen) atoms. The Morgan fingerprint density at radius 1 is 1.28 bits per heavy atom. The largest absolute Gasteiger partial charge is 0.481 e. The molecule has 1 aliphatic heterocycles. The number of carbonyl (C=O) groups is 1. The van der Waals surface area contributed by atoms with Gasteiger partial charge in [0.1, 0.15) is 12.3 Å². The summed E-state index contributed by atoms with van der Waals surface area (Å²) in [5.74, 6) is -0.223. The van der Waals surface area contributed by atoms with Gasteiger partial charge in [0.2, 0.25) is 0 Å². The molecule has 7 atom stereocenters. The van der Waals surface area contributed by atoms with Gasteiger partial charge in [0.25, 0.3) is 0 Å². The molecule has 0 aromatic rings. The van der Waals surface area contributed by atoms with E-state index in [1.54, 1.807) is 0 Å². The number of halogens is 1. The van der Waals surface area contributed by atoms with E-state index in [1.807, 2.05) is 12.2 Å². The van der Waals surface area contributed by atoms with E-state index in [9.17, 15) is 14.3 Å². The maximum Gasteiger partial charge on any atom is 0.303 e. The number of rotatable bonds is 14. The number of carboxylic acids is 1. The number of carboxylic acid groups (broad SMARTS) is 1. The summed E-state index contributed by atoms with van der Waals surface area (Å²) in [6.07, 6.45) is 13.7. The number of aliphatic carboxylic acids is 1. The maximum absolute atomic E-state index is 15.0. The second-order valence-electron chi connectivity index (χ2n) is 9.45. The number of aliphatic hydroxyl groups is 1. The molecule has 1 heterocycles. The predicted molar refractivity (Wildman–Crippen MR) is 124 cm³/mol. The first-order valence-electron chi connectivity index (χ1n) is 12.6. The monoisotopic (exact) mass is 454 g/mol. The van der Waals surface area contributed by atoms with Gasteiger partial charge >= 0.3 is 5.97 Å². The van der Waals surface area contributed by atoms with E-state index in [1.165, 1.54) is 0 Å². The van der Waals surface area contributed by atoms with Crippen molar-refractivity contribution in [3.8, 4) is 0 Å². The van der Waals surface area contributed by atoms with Gasteiger partial charge in [-0.25, -0.2) is 4.39 Å². The number of aliphatic hydroxyl groups excluding tert-OH is 1. The van der Waals surface area contributed by atoms with E-state index < -0.39 is 18.2 Å². The Morgan fingerprint density at radius 2 is 2.09 bits per heavy atom. The molecule has 0 spiro atoms. The van der Waals surface area contributed by atoms with Gasteiger partial charge < -0.3 is 19.7 Å². The first-order chi connectivity index (χ1) is 15.4. The molecule has 1 saturated carbocycles. The van der Waals surface area contributed by atoms with E-state index in [-0.39, 0.29) is 30.7 Å². The molecule has 184 valence electrons. The van der Waals surface area contributed by atoms with E-state index in [0.717, 1.165) is 51.4 Å². The Hall–Kier alpha value is -1.24. The number of hydrogen-bond donors (Lipinski definition) is 2. The highest BCUT2D eigenvalue weighted by atomic mass is 19.1. The first-order valence-corrected chi connectivity index (χ1v) is 12.6. The lowest BCUT2D eigenvalue weighted by molar-refractivity contribution is -0.189. The summed E-state index contributed by atoms with van der Waals surface area (Å²) < 4.78 is 26.7. The first kappa shape index (κ1) is 27.0. The third-order valence-electron chi connectivity index (χ3n) is 6.76. The van der Waals surface area contributed by atoms with Crippen LogP contribution in [0.4, 0.5) is 4.39 Å². The van der Waals surface area contributed by atoms with Gasteiger partial charge in [0.05, 0.1) is 6.10 Å². The normalized spacial score (nSPS) is 30.8. The zero-order chi connectivity index (χ0) is 23.3. The quantitative estimate of drug-likeness (QED) is 0.256. The standard InChI is InChI=1S/C26H43FO5/c1-3-4-12-22(27)24(32-26-14-9-10-17-31-26)16-15-20-19(2)18-23(28)21(20)11-7-5-6-8-13-25(29)30/h5,7,15-16,19-24,26,28H,3-4,6,8-14,17-18H2,1-2H3,(H,29,30)/b7-5-,16-15+/t19-,20+,21-,22+,23+,24-,26?/m1/s1. The lowest BCUT2D eigenvalue weighted by Gasteiger charge is -2.28. The lowest BCUT2D eigenvalue weighted by atomic mass is 9.86.